The van der Waals surface area contributed by atoms with E-state index in [1.807, 2.05) is 6.92 Å². The van der Waals surface area contributed by atoms with E-state index in [1.165, 1.54) is 10.4 Å². The van der Waals surface area contributed by atoms with E-state index in [1.54, 1.807) is 36.6 Å². The number of ether oxygens (including phenoxy) is 1. The van der Waals surface area contributed by atoms with E-state index in [9.17, 15) is 4.79 Å². The standard InChI is InChI=1S/C17H21N3O2S/c1-11(20-7-5-16-12(10-20)6-8-23-16)17(21)19-15-4-3-13(22-2)9-14(15)18/h3-4,6,8-9,11H,5,7,10,18H2,1-2H3,(H,19,21). The smallest absolute Gasteiger partial charge is 0.241 e. The summed E-state index contributed by atoms with van der Waals surface area (Å²) in [5, 5.41) is 5.04. The first-order valence-corrected chi connectivity index (χ1v) is 8.50. The minimum atomic E-state index is -0.204. The molecule has 1 atom stereocenters. The van der Waals surface area contributed by atoms with Crippen molar-refractivity contribution >= 4 is 28.6 Å². The van der Waals surface area contributed by atoms with Crippen molar-refractivity contribution in [3.63, 3.8) is 0 Å². The fourth-order valence-electron chi connectivity index (χ4n) is 2.79. The van der Waals surface area contributed by atoms with Crippen LogP contribution < -0.4 is 15.8 Å². The number of nitrogens with zero attached hydrogens (tertiary/aromatic N) is 1. The maximum atomic E-state index is 12.5. The highest BCUT2D eigenvalue weighted by Gasteiger charge is 2.26. The van der Waals surface area contributed by atoms with Gasteiger partial charge in [-0.25, -0.2) is 0 Å². The van der Waals surface area contributed by atoms with Crippen molar-refractivity contribution in [2.24, 2.45) is 0 Å². The van der Waals surface area contributed by atoms with Crippen LogP contribution in [-0.2, 0) is 17.8 Å². The first-order valence-electron chi connectivity index (χ1n) is 7.62. The van der Waals surface area contributed by atoms with E-state index < -0.39 is 0 Å². The van der Waals surface area contributed by atoms with Crippen LogP contribution in [0.4, 0.5) is 11.4 Å². The molecule has 1 aliphatic heterocycles. The molecule has 1 aromatic heterocycles. The topological polar surface area (TPSA) is 67.6 Å². The zero-order valence-electron chi connectivity index (χ0n) is 13.3. The summed E-state index contributed by atoms with van der Waals surface area (Å²) in [5.74, 6) is 0.634. The van der Waals surface area contributed by atoms with Gasteiger partial charge in [-0.1, -0.05) is 0 Å². The fraction of sp³-hybridized carbons (Fsp3) is 0.353. The summed E-state index contributed by atoms with van der Waals surface area (Å²) >= 11 is 1.80. The van der Waals surface area contributed by atoms with Crippen LogP contribution in [0.25, 0.3) is 0 Å². The first kappa shape index (κ1) is 15.8. The molecule has 5 nitrogen and oxygen atoms in total. The van der Waals surface area contributed by atoms with Gasteiger partial charge in [0.1, 0.15) is 5.75 Å². The van der Waals surface area contributed by atoms with Gasteiger partial charge in [0.25, 0.3) is 0 Å². The molecule has 0 fully saturated rings. The number of nitrogens with one attached hydrogen (secondary N) is 1. The Morgan fingerprint density at radius 3 is 3.00 bits per heavy atom. The highest BCUT2D eigenvalue weighted by molar-refractivity contribution is 7.10. The molecule has 1 unspecified atom stereocenters. The summed E-state index contributed by atoms with van der Waals surface area (Å²) in [6, 6.07) is 7.21. The molecule has 2 heterocycles. The molecule has 1 aliphatic rings. The molecule has 1 amide bonds. The van der Waals surface area contributed by atoms with Gasteiger partial charge < -0.3 is 15.8 Å². The van der Waals surface area contributed by atoms with Gasteiger partial charge in [0, 0.05) is 24.0 Å². The normalized spacial score (nSPS) is 15.7. The first-order chi connectivity index (χ1) is 11.1. The number of rotatable bonds is 4. The Morgan fingerprint density at radius 2 is 2.26 bits per heavy atom. The van der Waals surface area contributed by atoms with Crippen molar-refractivity contribution in [3.05, 3.63) is 40.1 Å². The summed E-state index contributed by atoms with van der Waals surface area (Å²) in [6.07, 6.45) is 1.01. The molecule has 0 saturated heterocycles. The Labute approximate surface area is 140 Å². The molecule has 0 saturated carbocycles. The molecular weight excluding hydrogens is 310 g/mol. The molecule has 6 heteroatoms. The number of hydrogen-bond acceptors (Lipinski definition) is 5. The molecule has 1 aromatic carbocycles. The third-order valence-corrected chi connectivity index (χ3v) is 5.30. The highest BCUT2D eigenvalue weighted by atomic mass is 32.1. The van der Waals surface area contributed by atoms with Crippen LogP contribution in [0.15, 0.2) is 29.6 Å². The average Bonchev–Trinajstić information content (AvgIpc) is 3.03. The third kappa shape index (κ3) is 3.33. The lowest BCUT2D eigenvalue weighted by atomic mass is 10.1. The number of carbonyl (C=O) groups excluding carboxylic acids is 1. The Morgan fingerprint density at radius 1 is 1.43 bits per heavy atom. The zero-order chi connectivity index (χ0) is 16.4. The molecule has 122 valence electrons. The average molecular weight is 331 g/mol. The van der Waals surface area contributed by atoms with E-state index in [2.05, 4.69) is 21.7 Å². The molecule has 3 rings (SSSR count). The van der Waals surface area contributed by atoms with E-state index in [-0.39, 0.29) is 11.9 Å². The second-order valence-corrected chi connectivity index (χ2v) is 6.71. The predicted octanol–water partition coefficient (Wildman–Crippen LogP) is 2.72. The summed E-state index contributed by atoms with van der Waals surface area (Å²) in [6.45, 7) is 3.66. The van der Waals surface area contributed by atoms with Gasteiger partial charge in [0.2, 0.25) is 5.91 Å². The van der Waals surface area contributed by atoms with Crippen LogP contribution in [0.2, 0.25) is 0 Å². The molecule has 0 aliphatic carbocycles. The van der Waals surface area contributed by atoms with Crippen molar-refractivity contribution in [1.82, 2.24) is 4.90 Å². The van der Waals surface area contributed by atoms with Crippen LogP contribution in [0, 0.1) is 0 Å². The summed E-state index contributed by atoms with van der Waals surface area (Å²) < 4.78 is 5.12. The van der Waals surface area contributed by atoms with Gasteiger partial charge in [-0.15, -0.1) is 11.3 Å². The van der Waals surface area contributed by atoms with E-state index >= 15 is 0 Å². The molecule has 0 spiro atoms. The number of fused-ring (bicyclic) bond motifs is 1. The van der Waals surface area contributed by atoms with Crippen molar-refractivity contribution in [3.8, 4) is 5.75 Å². The predicted molar refractivity (Wildman–Crippen MR) is 93.9 cm³/mol. The molecule has 2 aromatic rings. The van der Waals surface area contributed by atoms with Crippen molar-refractivity contribution in [1.29, 1.82) is 0 Å². The number of thiophene rings is 1. The van der Waals surface area contributed by atoms with E-state index in [0.29, 0.717) is 17.1 Å². The number of methoxy groups -OCH3 is 1. The lowest BCUT2D eigenvalue weighted by Gasteiger charge is -2.31. The molecule has 3 N–H and O–H groups in total. The largest absolute Gasteiger partial charge is 0.497 e. The fourth-order valence-corrected chi connectivity index (χ4v) is 3.68. The van der Waals surface area contributed by atoms with Crippen LogP contribution in [0.1, 0.15) is 17.4 Å². The Hall–Kier alpha value is -2.05. The van der Waals surface area contributed by atoms with E-state index in [0.717, 1.165) is 19.5 Å². The van der Waals surface area contributed by atoms with Crippen LogP contribution in [0.5, 0.6) is 5.75 Å². The van der Waals surface area contributed by atoms with Crippen LogP contribution in [-0.4, -0.2) is 30.5 Å². The van der Waals surface area contributed by atoms with E-state index in [4.69, 9.17) is 10.5 Å². The summed E-state index contributed by atoms with van der Waals surface area (Å²) in [7, 11) is 1.59. The van der Waals surface area contributed by atoms with Crippen molar-refractivity contribution < 1.29 is 9.53 Å². The molecule has 0 radical (unpaired) electrons. The maximum absolute atomic E-state index is 12.5. The number of hydrogen-bond donors (Lipinski definition) is 2. The van der Waals surface area contributed by atoms with Crippen LogP contribution >= 0.6 is 11.3 Å². The molecule has 23 heavy (non-hydrogen) atoms. The van der Waals surface area contributed by atoms with Gasteiger partial charge in [-0.2, -0.15) is 0 Å². The van der Waals surface area contributed by atoms with Gasteiger partial charge in [0.15, 0.2) is 0 Å². The lowest BCUT2D eigenvalue weighted by Crippen LogP contribution is -2.44. The quantitative estimate of drug-likeness (QED) is 0.845. The van der Waals surface area contributed by atoms with Gasteiger partial charge in [0.05, 0.1) is 24.5 Å². The van der Waals surface area contributed by atoms with Gasteiger partial charge >= 0.3 is 0 Å². The number of nitrogens with two attached hydrogens (primary N) is 1. The van der Waals surface area contributed by atoms with Gasteiger partial charge in [-0.05, 0) is 42.5 Å². The number of carbonyl (C=O) groups is 1. The number of nitrogen functional groups attached to an aromatic ring is 1. The summed E-state index contributed by atoms with van der Waals surface area (Å²) in [4.78, 5) is 16.2. The Bertz CT molecular complexity index is 714. The highest BCUT2D eigenvalue weighted by Crippen LogP contribution is 2.27. The lowest BCUT2D eigenvalue weighted by molar-refractivity contribution is -0.121. The zero-order valence-corrected chi connectivity index (χ0v) is 14.2. The molecular formula is C17H21N3O2S. The number of amides is 1. The maximum Gasteiger partial charge on any atom is 0.241 e. The third-order valence-electron chi connectivity index (χ3n) is 4.28. The Kier molecular flexibility index (Phi) is 4.54. The second kappa shape index (κ2) is 6.60. The second-order valence-electron chi connectivity index (χ2n) is 5.71. The summed E-state index contributed by atoms with van der Waals surface area (Å²) in [5.41, 5.74) is 8.43. The van der Waals surface area contributed by atoms with Crippen molar-refractivity contribution in [2.45, 2.75) is 25.9 Å². The monoisotopic (exact) mass is 331 g/mol. The number of anilines is 2. The Balaban J connectivity index is 1.66. The minimum Gasteiger partial charge on any atom is -0.497 e. The van der Waals surface area contributed by atoms with Crippen LogP contribution in [0.3, 0.4) is 0 Å². The SMILES string of the molecule is COc1ccc(NC(=O)C(C)N2CCc3sccc3C2)c(N)c1. The minimum absolute atomic E-state index is 0.0412. The molecule has 0 bridgehead atoms. The van der Waals surface area contributed by atoms with Crippen molar-refractivity contribution in [2.75, 3.05) is 24.7 Å². The van der Waals surface area contributed by atoms with Gasteiger partial charge in [-0.3, -0.25) is 9.69 Å². The number of benzene rings is 1.